The van der Waals surface area contributed by atoms with Gasteiger partial charge in [-0.2, -0.15) is 30.1 Å². The van der Waals surface area contributed by atoms with Gasteiger partial charge in [0.25, 0.3) is 0 Å². The number of ether oxygens (including phenoxy) is 1. The quantitative estimate of drug-likeness (QED) is 0.0486. The average molecular weight is 1770 g/mol. The molecule has 0 bridgehead atoms. The molecule has 0 aliphatic carbocycles. The molecule has 0 unspecified atom stereocenters. The molecule has 6 atom stereocenters. The Kier molecular flexibility index (Phi) is 24.4. The number of H-pyrrole nitrogens is 2. The van der Waals surface area contributed by atoms with Crippen molar-refractivity contribution < 1.29 is 46.9 Å². The Morgan fingerprint density at radius 3 is 1.34 bits per heavy atom. The zero-order valence-corrected chi connectivity index (χ0v) is 73.8. The zero-order valence-electron chi connectivity index (χ0n) is 71.6. The summed E-state index contributed by atoms with van der Waals surface area (Å²) in [5.74, 6) is -1.51. The first-order valence-electron chi connectivity index (χ1n) is 41.0. The van der Waals surface area contributed by atoms with Gasteiger partial charge in [0.2, 0.25) is 29.6 Å². The van der Waals surface area contributed by atoms with E-state index in [4.69, 9.17) is 59.5 Å². The number of aryl methyl sites for hydroxylation is 1. The first-order valence-corrected chi connectivity index (χ1v) is 42.2. The highest BCUT2D eigenvalue weighted by atomic mass is 35.5. The number of nitrogens with one attached hydrogen (secondary N) is 2. The molecule has 6 aromatic carbocycles. The Labute approximate surface area is 734 Å². The van der Waals surface area contributed by atoms with E-state index in [2.05, 4.69) is 113 Å². The highest BCUT2D eigenvalue weighted by Crippen LogP contribution is 2.49. The minimum absolute atomic E-state index is 0.0330. The summed E-state index contributed by atoms with van der Waals surface area (Å²) in [5.41, 5.74) is 3.67. The molecule has 0 saturated carbocycles. The van der Waals surface area contributed by atoms with Crippen molar-refractivity contribution in [1.82, 2.24) is 84.8 Å². The minimum Gasteiger partial charge on any atom is -0.507 e. The number of halogens is 7. The number of hydrogen-bond acceptors (Lipinski definition) is 23. The van der Waals surface area contributed by atoms with Gasteiger partial charge in [-0.05, 0) is 163 Å². The lowest BCUT2D eigenvalue weighted by Gasteiger charge is -2.52. The maximum absolute atomic E-state index is 16.9. The van der Waals surface area contributed by atoms with Gasteiger partial charge >= 0.3 is 6.01 Å². The number of nitrogens with zero attached hydrogens (tertiary/aromatic N) is 20. The topological polar surface area (TPSA) is 294 Å². The number of aromatic hydroxyl groups is 2. The van der Waals surface area contributed by atoms with Gasteiger partial charge in [-0.3, -0.25) is 34.5 Å². The second-order valence-corrected chi connectivity index (χ2v) is 35.0. The number of amides is 3. The van der Waals surface area contributed by atoms with Gasteiger partial charge in [0, 0.05) is 181 Å². The fourth-order valence-electron chi connectivity index (χ4n) is 17.3. The molecule has 11 heterocycles. The van der Waals surface area contributed by atoms with Crippen LogP contribution in [0.25, 0.3) is 87.9 Å². The summed E-state index contributed by atoms with van der Waals surface area (Å²) in [6.45, 7) is 34.7. The van der Waals surface area contributed by atoms with Gasteiger partial charge in [0.05, 0.1) is 67.4 Å². The SMILES string of the molecule is C=CC(=O)N1C[C@H](C)N(c2nc(N3CC(C)(N(C)C)C3)nc3c(F)c(-c4c(C)ccc5[nH]ncc45)c(Cl)cc23)C[C@H]1C.C=CC(=O)N1C[C@H](C)N(c2nc(N3CC(C)(N(C)C)C3)nc3c(F)c(-c4c(O)ccc5[nH]ncc45)c(Cl)cc23)C[C@H]1C.C=CC(=O)N1C[C@H](C)N(c2nc(OCCc3cnccn3)nc3c(F)c(-c4c(O)cccc4F)c(Cl)cc23)C[C@H]1C. The first-order chi connectivity index (χ1) is 59.5. The van der Waals surface area contributed by atoms with Crippen LogP contribution in [-0.4, -0.2) is 260 Å². The third kappa shape index (κ3) is 16.3. The van der Waals surface area contributed by atoms with Gasteiger partial charge in [0.1, 0.15) is 51.3 Å². The number of likely N-dealkylation sites (N-methyl/N-ethyl adjacent to an activating group) is 2. The lowest BCUT2D eigenvalue weighted by Crippen LogP contribution is -2.67. The Hall–Kier alpha value is -12.1. The van der Waals surface area contributed by atoms with Crippen molar-refractivity contribution in [3.05, 3.63) is 179 Å². The van der Waals surface area contributed by atoms with E-state index in [0.717, 1.165) is 22.5 Å². The van der Waals surface area contributed by atoms with Crippen molar-refractivity contribution in [2.45, 2.75) is 116 Å². The molecule has 0 radical (unpaired) electrons. The number of anilines is 5. The number of phenols is 2. The molecule has 652 valence electrons. The van der Waals surface area contributed by atoms with E-state index in [-0.39, 0.29) is 143 Å². The molecule has 3 amide bonds. The van der Waals surface area contributed by atoms with Crippen LogP contribution in [0.15, 0.2) is 130 Å². The zero-order chi connectivity index (χ0) is 89.4. The molecule has 28 nitrogen and oxygen atoms in total. The average Bonchev–Trinajstić information content (AvgIpc) is 1.49. The summed E-state index contributed by atoms with van der Waals surface area (Å²) < 4.78 is 70.6. The maximum atomic E-state index is 16.9. The van der Waals surface area contributed by atoms with Crippen molar-refractivity contribution in [2.75, 3.05) is 125 Å². The van der Waals surface area contributed by atoms with E-state index in [9.17, 15) is 29.0 Å². The molecule has 5 aliphatic rings. The summed E-state index contributed by atoms with van der Waals surface area (Å²) in [4.78, 5) is 94.3. The van der Waals surface area contributed by atoms with Crippen molar-refractivity contribution >= 4 is 136 Å². The third-order valence-electron chi connectivity index (χ3n) is 24.9. The van der Waals surface area contributed by atoms with Gasteiger partial charge in [-0.1, -0.05) is 66.7 Å². The van der Waals surface area contributed by atoms with E-state index >= 15 is 13.2 Å². The van der Waals surface area contributed by atoms with Crippen LogP contribution in [0.4, 0.5) is 46.9 Å². The Morgan fingerprint density at radius 1 is 0.512 bits per heavy atom. The van der Waals surface area contributed by atoms with Crippen LogP contribution >= 0.6 is 34.8 Å². The van der Waals surface area contributed by atoms with E-state index in [1.807, 2.05) is 89.4 Å². The lowest BCUT2D eigenvalue weighted by atomic mass is 9.91. The van der Waals surface area contributed by atoms with E-state index < -0.39 is 29.0 Å². The number of carbonyl (C=O) groups is 3. The number of aromatic nitrogens is 12. The van der Waals surface area contributed by atoms with Crippen molar-refractivity contribution in [3.63, 3.8) is 0 Å². The highest BCUT2D eigenvalue weighted by Gasteiger charge is 2.46. The summed E-state index contributed by atoms with van der Waals surface area (Å²) in [7, 11) is 8.19. The van der Waals surface area contributed by atoms with Crippen LogP contribution < -0.4 is 29.2 Å². The van der Waals surface area contributed by atoms with E-state index in [1.54, 1.807) is 52.8 Å². The molecule has 12 aromatic rings. The predicted molar refractivity (Wildman–Crippen MR) is 482 cm³/mol. The summed E-state index contributed by atoms with van der Waals surface area (Å²) in [5, 5.41) is 38.2. The van der Waals surface area contributed by atoms with Crippen LogP contribution in [-0.2, 0) is 20.8 Å². The van der Waals surface area contributed by atoms with E-state index in [1.165, 1.54) is 48.7 Å². The molecule has 35 heteroatoms. The number of hydrogen-bond donors (Lipinski definition) is 4. The summed E-state index contributed by atoms with van der Waals surface area (Å²) >= 11 is 20.3. The van der Waals surface area contributed by atoms with Crippen LogP contribution in [0.3, 0.4) is 0 Å². The maximum Gasteiger partial charge on any atom is 0.319 e. The van der Waals surface area contributed by atoms with Gasteiger partial charge in [-0.25, -0.2) is 27.5 Å². The fourth-order valence-corrected chi connectivity index (χ4v) is 18.2. The van der Waals surface area contributed by atoms with Crippen molar-refractivity contribution in [1.29, 1.82) is 0 Å². The molecular formula is C90H97Cl3F4N22O6. The summed E-state index contributed by atoms with van der Waals surface area (Å²) in [6.07, 6.45) is 12.3. The molecule has 5 aliphatic heterocycles. The largest absolute Gasteiger partial charge is 0.507 e. The molecule has 5 saturated heterocycles. The first kappa shape index (κ1) is 87.8. The van der Waals surface area contributed by atoms with Crippen molar-refractivity contribution in [2.24, 2.45) is 0 Å². The number of aromatic amines is 2. The third-order valence-corrected chi connectivity index (χ3v) is 25.8. The highest BCUT2D eigenvalue weighted by molar-refractivity contribution is 6.36. The van der Waals surface area contributed by atoms with Gasteiger partial charge in [-0.15, -0.1) is 0 Å². The number of piperazine rings is 3. The predicted octanol–water partition coefficient (Wildman–Crippen LogP) is 14.4. The molecule has 17 rings (SSSR count). The number of fused-ring (bicyclic) bond motifs is 5. The molecule has 6 aromatic heterocycles. The fraction of sp³-hybridized carbons (Fsp3) is 0.367. The molecule has 0 spiro atoms. The van der Waals surface area contributed by atoms with Crippen molar-refractivity contribution in [3.8, 4) is 50.9 Å². The lowest BCUT2D eigenvalue weighted by molar-refractivity contribution is -0.129. The Balaban J connectivity index is 0.000000145. The smallest absolute Gasteiger partial charge is 0.319 e. The van der Waals surface area contributed by atoms with Crippen LogP contribution in [0.1, 0.15) is 66.6 Å². The number of rotatable bonds is 17. The molecule has 5 fully saturated rings. The molecule has 4 N–H and O–H groups in total. The van der Waals surface area contributed by atoms with Crippen LogP contribution in [0.5, 0.6) is 17.5 Å². The molecular weight excluding hydrogens is 1670 g/mol. The monoisotopic (exact) mass is 1760 g/mol. The van der Waals surface area contributed by atoms with Crippen LogP contribution in [0.2, 0.25) is 15.1 Å². The molecule has 125 heavy (non-hydrogen) atoms. The number of phenolic OH excluding ortho intramolecular Hbond substituents is 2. The standard InChI is InChI=1S/C31H36ClFN8O.C30H34ClFN8O2.C29H27ClF2N6O3/c1-8-24(42)40-13-19(4)41(14-18(40)3)29-20-11-22(32)26(25-17(2)9-10-23-21(25)12-34-37-23)27(33)28(20)35-30(36-29)39-15-31(5,16-39)38(6)7;1-7-23(42)39-12-17(3)40(13-16(39)2)28-18-10-20(31)25(24-19-11-33-36-21(19)8-9-22(24)41)26(32)27(18)34-29(35-28)38-14-30(4,15-38)37(5)6;1-4-23(40)37-14-17(3)38(15-16(37)2)28-19-12-20(30)24(25-21(31)6-5-7-22(25)39)26(32)27(19)35-29(36-28)41-11-8-18-13-33-9-10-34-18/h8-12,18-19H,1,13-16H2,2-7H3,(H,34,37);7-11,16-17,41H,1,12-15H2,2-6H3,(H,33,36);4-7,9-10,12-13,16-17,39H,1,8,11,14-15H2,2-3H3/t18-,19+;2*16-,17+/m111/s1. The number of carbonyl (C=O) groups excluding carboxylic acids is 3. The van der Waals surface area contributed by atoms with E-state index in [0.29, 0.717) is 140 Å². The minimum atomic E-state index is -0.934. The van der Waals surface area contributed by atoms with Gasteiger partial charge in [0.15, 0.2) is 17.5 Å². The second kappa shape index (κ2) is 34.8. The number of benzene rings is 6. The second-order valence-electron chi connectivity index (χ2n) is 33.8. The normalized spacial score (nSPS) is 19.3. The van der Waals surface area contributed by atoms with Crippen LogP contribution in [0, 0.1) is 30.2 Å². The Bertz CT molecular complexity index is 6000. The van der Waals surface area contributed by atoms with Gasteiger partial charge < -0.3 is 63.9 Å². The Morgan fingerprint density at radius 2 is 0.920 bits per heavy atom. The summed E-state index contributed by atoms with van der Waals surface area (Å²) in [6, 6.07) is 14.6.